The summed E-state index contributed by atoms with van der Waals surface area (Å²) in [5, 5.41) is 1.67. The molecule has 1 heterocycles. The van der Waals surface area contributed by atoms with Crippen LogP contribution in [0.15, 0.2) is 76.3 Å². The van der Waals surface area contributed by atoms with Crippen molar-refractivity contribution < 1.29 is 17.9 Å². The summed E-state index contributed by atoms with van der Waals surface area (Å²) in [5.41, 5.74) is 0.632. The highest BCUT2D eigenvalue weighted by molar-refractivity contribution is 7.91. The fraction of sp³-hybridized carbons (Fsp3) is 0.150. The number of hydrogen-bond acceptors (Lipinski definition) is 5. The predicted molar refractivity (Wildman–Crippen MR) is 110 cm³/mol. The third-order valence-corrected chi connectivity index (χ3v) is 6.93. The lowest BCUT2D eigenvalue weighted by Crippen LogP contribution is -2.45. The highest BCUT2D eigenvalue weighted by atomic mass is 32.2. The Balaban J connectivity index is 1.65. The molecule has 1 amide bonds. The highest BCUT2D eigenvalue weighted by Crippen LogP contribution is 2.24. The number of benzene rings is 2. The van der Waals surface area contributed by atoms with Crippen molar-refractivity contribution in [2.75, 3.05) is 11.9 Å². The van der Waals surface area contributed by atoms with Gasteiger partial charge in [-0.25, -0.2) is 8.42 Å². The molecule has 0 aliphatic rings. The number of nitrogens with zero attached hydrogens (tertiary/aromatic N) is 1. The molecule has 0 spiro atoms. The molecule has 28 heavy (non-hydrogen) atoms. The Bertz CT molecular complexity index is 1020. The van der Waals surface area contributed by atoms with E-state index in [-0.39, 0.29) is 10.1 Å². The van der Waals surface area contributed by atoms with Crippen LogP contribution in [0.25, 0.3) is 0 Å². The van der Waals surface area contributed by atoms with Crippen LogP contribution in [0.3, 0.4) is 0 Å². The SMILES string of the molecule is CC(NS(=O)(=O)c1cccs1)C(=O)N(C)c1ccc(Oc2ccccc2)cc1. The van der Waals surface area contributed by atoms with Crippen molar-refractivity contribution >= 4 is 33.0 Å². The van der Waals surface area contributed by atoms with Gasteiger partial charge in [0.1, 0.15) is 15.7 Å². The molecule has 0 fully saturated rings. The second-order valence-electron chi connectivity index (χ2n) is 6.08. The van der Waals surface area contributed by atoms with Crippen LogP contribution in [0, 0.1) is 0 Å². The summed E-state index contributed by atoms with van der Waals surface area (Å²) in [6.07, 6.45) is 0. The molecule has 2 aromatic carbocycles. The van der Waals surface area contributed by atoms with E-state index in [4.69, 9.17) is 4.74 Å². The van der Waals surface area contributed by atoms with Gasteiger partial charge in [0.15, 0.2) is 0 Å². The Morgan fingerprint density at radius 3 is 2.25 bits per heavy atom. The molecule has 3 aromatic rings. The molecule has 1 aromatic heterocycles. The molecule has 1 atom stereocenters. The van der Waals surface area contributed by atoms with Crippen LogP contribution in [-0.2, 0) is 14.8 Å². The van der Waals surface area contributed by atoms with Crippen molar-refractivity contribution in [3.8, 4) is 11.5 Å². The average molecular weight is 417 g/mol. The summed E-state index contributed by atoms with van der Waals surface area (Å²) < 4.78 is 32.9. The molecule has 1 unspecified atom stereocenters. The van der Waals surface area contributed by atoms with E-state index >= 15 is 0 Å². The molecule has 146 valence electrons. The highest BCUT2D eigenvalue weighted by Gasteiger charge is 2.25. The van der Waals surface area contributed by atoms with Gasteiger partial charge in [-0.2, -0.15) is 4.72 Å². The van der Waals surface area contributed by atoms with Gasteiger partial charge in [0.2, 0.25) is 5.91 Å². The van der Waals surface area contributed by atoms with E-state index in [1.807, 2.05) is 30.3 Å². The average Bonchev–Trinajstić information content (AvgIpc) is 3.24. The van der Waals surface area contributed by atoms with Crippen molar-refractivity contribution in [2.45, 2.75) is 17.2 Å². The minimum atomic E-state index is -3.72. The number of ether oxygens (including phenoxy) is 1. The summed E-state index contributed by atoms with van der Waals surface area (Å²) in [6.45, 7) is 1.52. The number of rotatable bonds is 7. The Kier molecular flexibility index (Phi) is 6.13. The van der Waals surface area contributed by atoms with Crippen LogP contribution in [-0.4, -0.2) is 27.4 Å². The topological polar surface area (TPSA) is 75.7 Å². The van der Waals surface area contributed by atoms with Crippen LogP contribution >= 0.6 is 11.3 Å². The number of hydrogen-bond donors (Lipinski definition) is 1. The molecule has 3 rings (SSSR count). The first-order chi connectivity index (χ1) is 13.4. The van der Waals surface area contributed by atoms with Crippen LogP contribution in [0.5, 0.6) is 11.5 Å². The summed E-state index contributed by atoms with van der Waals surface area (Å²) in [5.74, 6) is 0.996. The monoisotopic (exact) mass is 416 g/mol. The number of carbonyl (C=O) groups excluding carboxylic acids is 1. The zero-order valence-electron chi connectivity index (χ0n) is 15.4. The smallest absolute Gasteiger partial charge is 0.250 e. The third kappa shape index (κ3) is 4.78. The normalized spacial score (nSPS) is 12.4. The summed E-state index contributed by atoms with van der Waals surface area (Å²) in [4.78, 5) is 14.0. The molecular weight excluding hydrogens is 396 g/mol. The molecule has 1 N–H and O–H groups in total. The second-order valence-corrected chi connectivity index (χ2v) is 8.97. The molecule has 0 bridgehead atoms. The Morgan fingerprint density at radius 2 is 1.64 bits per heavy atom. The zero-order valence-corrected chi connectivity index (χ0v) is 17.0. The number of anilines is 1. The number of sulfonamides is 1. The van der Waals surface area contributed by atoms with Crippen molar-refractivity contribution in [3.05, 3.63) is 72.1 Å². The second kappa shape index (κ2) is 8.55. The van der Waals surface area contributed by atoms with Gasteiger partial charge in [0.25, 0.3) is 10.0 Å². The van der Waals surface area contributed by atoms with Gasteiger partial charge < -0.3 is 9.64 Å². The molecule has 0 saturated carbocycles. The lowest BCUT2D eigenvalue weighted by Gasteiger charge is -2.22. The number of para-hydroxylation sites is 1. The largest absolute Gasteiger partial charge is 0.457 e. The van der Waals surface area contributed by atoms with E-state index in [0.29, 0.717) is 11.4 Å². The Labute approximate surface area is 168 Å². The van der Waals surface area contributed by atoms with Gasteiger partial charge in [0.05, 0.1) is 6.04 Å². The Morgan fingerprint density at radius 1 is 1.00 bits per heavy atom. The van der Waals surface area contributed by atoms with E-state index in [0.717, 1.165) is 17.1 Å². The number of carbonyl (C=O) groups is 1. The maximum absolute atomic E-state index is 12.6. The third-order valence-electron chi connectivity index (χ3n) is 4.00. The van der Waals surface area contributed by atoms with Gasteiger partial charge in [-0.3, -0.25) is 4.79 Å². The van der Waals surface area contributed by atoms with Crippen molar-refractivity contribution in [1.82, 2.24) is 4.72 Å². The van der Waals surface area contributed by atoms with Crippen LogP contribution < -0.4 is 14.4 Å². The van der Waals surface area contributed by atoms with Crippen LogP contribution in [0.4, 0.5) is 5.69 Å². The molecule has 0 saturated heterocycles. The quantitative estimate of drug-likeness (QED) is 0.634. The first kappa shape index (κ1) is 20.1. The van der Waals surface area contributed by atoms with Gasteiger partial charge in [-0.05, 0) is 54.8 Å². The van der Waals surface area contributed by atoms with E-state index in [2.05, 4.69) is 4.72 Å². The van der Waals surface area contributed by atoms with Gasteiger partial charge in [-0.1, -0.05) is 24.3 Å². The fourth-order valence-corrected chi connectivity index (χ4v) is 4.74. The van der Waals surface area contributed by atoms with Gasteiger partial charge in [0, 0.05) is 12.7 Å². The number of thiophene rings is 1. The van der Waals surface area contributed by atoms with Gasteiger partial charge >= 0.3 is 0 Å². The zero-order chi connectivity index (χ0) is 20.1. The predicted octanol–water partition coefficient (Wildman–Crippen LogP) is 3.87. The van der Waals surface area contributed by atoms with Crippen molar-refractivity contribution in [2.24, 2.45) is 0 Å². The standard InChI is InChI=1S/C20H20N2O4S2/c1-15(21-28(24,25)19-9-6-14-27-19)20(23)22(2)16-10-12-18(13-11-16)26-17-7-4-3-5-8-17/h3-15,21H,1-2H3. The summed E-state index contributed by atoms with van der Waals surface area (Å²) in [6, 6.07) is 18.6. The van der Waals surface area contributed by atoms with Crippen molar-refractivity contribution in [3.63, 3.8) is 0 Å². The van der Waals surface area contributed by atoms with E-state index in [1.165, 1.54) is 17.9 Å². The number of amides is 1. The Hall–Kier alpha value is -2.68. The molecule has 8 heteroatoms. The van der Waals surface area contributed by atoms with E-state index in [9.17, 15) is 13.2 Å². The lowest BCUT2D eigenvalue weighted by molar-refractivity contribution is -0.119. The lowest BCUT2D eigenvalue weighted by atomic mass is 10.2. The van der Waals surface area contributed by atoms with Gasteiger partial charge in [-0.15, -0.1) is 11.3 Å². The summed E-state index contributed by atoms with van der Waals surface area (Å²) >= 11 is 1.10. The minimum Gasteiger partial charge on any atom is -0.457 e. The van der Waals surface area contributed by atoms with Crippen LogP contribution in [0.2, 0.25) is 0 Å². The molecule has 0 radical (unpaired) electrons. The van der Waals surface area contributed by atoms with Crippen LogP contribution in [0.1, 0.15) is 6.92 Å². The maximum atomic E-state index is 12.6. The molecule has 6 nitrogen and oxygen atoms in total. The number of likely N-dealkylation sites (N-methyl/N-ethyl adjacent to an activating group) is 1. The molecule has 0 aliphatic carbocycles. The van der Waals surface area contributed by atoms with E-state index < -0.39 is 16.1 Å². The number of nitrogens with one attached hydrogen (secondary N) is 1. The minimum absolute atomic E-state index is 0.178. The first-order valence-corrected chi connectivity index (χ1v) is 10.9. The first-order valence-electron chi connectivity index (χ1n) is 8.53. The maximum Gasteiger partial charge on any atom is 0.250 e. The molecule has 0 aliphatic heterocycles. The van der Waals surface area contributed by atoms with Crippen molar-refractivity contribution in [1.29, 1.82) is 0 Å². The fourth-order valence-electron chi connectivity index (χ4n) is 2.54. The molecular formula is C20H20N2O4S2. The van der Waals surface area contributed by atoms with E-state index in [1.54, 1.807) is 42.8 Å². The summed E-state index contributed by atoms with van der Waals surface area (Å²) in [7, 11) is -2.11.